The summed E-state index contributed by atoms with van der Waals surface area (Å²) < 4.78 is 0. The van der Waals surface area contributed by atoms with Gasteiger partial charge in [0.1, 0.15) is 0 Å². The van der Waals surface area contributed by atoms with E-state index in [1.807, 2.05) is 0 Å². The Morgan fingerprint density at radius 3 is 2.53 bits per heavy atom. The SMILES string of the molecule is C#CCNC(=O)C[C@@H](NC(C)=O)c1ccc(Cl)cc1. The van der Waals surface area contributed by atoms with Gasteiger partial charge in [0.2, 0.25) is 11.8 Å². The molecule has 0 fully saturated rings. The molecule has 0 aliphatic rings. The summed E-state index contributed by atoms with van der Waals surface area (Å²) >= 11 is 5.81. The molecule has 4 nitrogen and oxygen atoms in total. The van der Waals surface area contributed by atoms with Crippen molar-refractivity contribution in [2.24, 2.45) is 0 Å². The molecule has 0 aliphatic carbocycles. The average Bonchev–Trinajstić information content (AvgIpc) is 2.36. The fourth-order valence-electron chi connectivity index (χ4n) is 1.60. The van der Waals surface area contributed by atoms with Crippen molar-refractivity contribution in [3.63, 3.8) is 0 Å². The minimum atomic E-state index is -0.396. The number of halogens is 1. The van der Waals surface area contributed by atoms with E-state index in [-0.39, 0.29) is 24.8 Å². The fourth-order valence-corrected chi connectivity index (χ4v) is 1.73. The summed E-state index contributed by atoms with van der Waals surface area (Å²) in [5.41, 5.74) is 0.815. The molecule has 1 aromatic carbocycles. The zero-order valence-electron chi connectivity index (χ0n) is 10.6. The van der Waals surface area contributed by atoms with E-state index in [0.29, 0.717) is 5.02 Å². The van der Waals surface area contributed by atoms with Crippen LogP contribution in [0.2, 0.25) is 5.02 Å². The van der Waals surface area contributed by atoms with Crippen LogP contribution < -0.4 is 10.6 Å². The normalized spacial score (nSPS) is 11.2. The average molecular weight is 279 g/mol. The predicted octanol–water partition coefficient (Wildman–Crippen LogP) is 1.66. The fraction of sp³-hybridized carbons (Fsp3) is 0.286. The highest BCUT2D eigenvalue weighted by Crippen LogP contribution is 2.19. The maximum Gasteiger partial charge on any atom is 0.223 e. The molecule has 2 amide bonds. The number of carbonyl (C=O) groups is 2. The van der Waals surface area contributed by atoms with Gasteiger partial charge in [0.25, 0.3) is 0 Å². The molecule has 2 N–H and O–H groups in total. The van der Waals surface area contributed by atoms with Crippen LogP contribution in [-0.2, 0) is 9.59 Å². The van der Waals surface area contributed by atoms with Crippen molar-refractivity contribution < 1.29 is 9.59 Å². The van der Waals surface area contributed by atoms with E-state index in [0.717, 1.165) is 5.56 Å². The molecule has 0 heterocycles. The van der Waals surface area contributed by atoms with Crippen molar-refractivity contribution in [2.75, 3.05) is 6.54 Å². The van der Waals surface area contributed by atoms with Gasteiger partial charge in [0.15, 0.2) is 0 Å². The molecule has 0 saturated heterocycles. The largest absolute Gasteiger partial charge is 0.349 e. The molecule has 1 rings (SSSR count). The van der Waals surface area contributed by atoms with Crippen LogP contribution in [0.4, 0.5) is 0 Å². The van der Waals surface area contributed by atoms with Gasteiger partial charge in [-0.2, -0.15) is 0 Å². The lowest BCUT2D eigenvalue weighted by Crippen LogP contribution is -2.32. The lowest BCUT2D eigenvalue weighted by atomic mass is 10.0. The summed E-state index contributed by atoms with van der Waals surface area (Å²) in [4.78, 5) is 22.8. The zero-order valence-corrected chi connectivity index (χ0v) is 11.3. The van der Waals surface area contributed by atoms with Gasteiger partial charge in [0, 0.05) is 11.9 Å². The van der Waals surface area contributed by atoms with Crippen LogP contribution in [0.15, 0.2) is 24.3 Å². The molecule has 0 saturated carbocycles. The summed E-state index contributed by atoms with van der Waals surface area (Å²) in [5, 5.41) is 5.89. The summed E-state index contributed by atoms with van der Waals surface area (Å²) in [6.45, 7) is 1.58. The third-order valence-electron chi connectivity index (χ3n) is 2.43. The summed E-state index contributed by atoms with van der Waals surface area (Å²) in [6, 6.07) is 6.58. The van der Waals surface area contributed by atoms with Crippen molar-refractivity contribution in [3.8, 4) is 12.3 Å². The number of hydrogen-bond donors (Lipinski definition) is 2. The molecule has 0 aliphatic heterocycles. The first kappa shape index (κ1) is 15.1. The van der Waals surface area contributed by atoms with Crippen molar-refractivity contribution >= 4 is 23.4 Å². The molecule has 0 bridgehead atoms. The van der Waals surface area contributed by atoms with Crippen LogP contribution in [0.3, 0.4) is 0 Å². The first-order valence-corrected chi connectivity index (χ1v) is 6.13. The van der Waals surface area contributed by atoms with Crippen molar-refractivity contribution in [1.29, 1.82) is 0 Å². The van der Waals surface area contributed by atoms with Crippen molar-refractivity contribution in [2.45, 2.75) is 19.4 Å². The Bertz CT molecular complexity index is 491. The van der Waals surface area contributed by atoms with Crippen LogP contribution in [0.25, 0.3) is 0 Å². The molecule has 5 heteroatoms. The second-order valence-electron chi connectivity index (χ2n) is 3.99. The lowest BCUT2D eigenvalue weighted by Gasteiger charge is -2.17. The Morgan fingerprint density at radius 2 is 2.00 bits per heavy atom. The van der Waals surface area contributed by atoms with Crippen LogP contribution >= 0.6 is 11.6 Å². The van der Waals surface area contributed by atoms with Crippen LogP contribution in [0.5, 0.6) is 0 Å². The molecule has 1 aromatic rings. The molecule has 100 valence electrons. The molecular formula is C14H15ClN2O2. The second-order valence-corrected chi connectivity index (χ2v) is 4.43. The van der Waals surface area contributed by atoms with E-state index in [9.17, 15) is 9.59 Å². The maximum absolute atomic E-state index is 11.7. The number of amides is 2. The Hall–Kier alpha value is -1.99. The van der Waals surface area contributed by atoms with E-state index >= 15 is 0 Å². The topological polar surface area (TPSA) is 58.2 Å². The summed E-state index contributed by atoms with van der Waals surface area (Å²) in [7, 11) is 0. The van der Waals surface area contributed by atoms with Gasteiger partial charge in [0.05, 0.1) is 19.0 Å². The smallest absolute Gasteiger partial charge is 0.223 e. The van der Waals surface area contributed by atoms with Gasteiger partial charge in [-0.25, -0.2) is 0 Å². The summed E-state index contributed by atoms with van der Waals surface area (Å²) in [5.74, 6) is 1.90. The van der Waals surface area contributed by atoms with Gasteiger partial charge in [-0.05, 0) is 17.7 Å². The van der Waals surface area contributed by atoms with E-state index in [2.05, 4.69) is 16.6 Å². The van der Waals surface area contributed by atoms with Gasteiger partial charge in [-0.1, -0.05) is 29.7 Å². The Morgan fingerprint density at radius 1 is 1.37 bits per heavy atom. The molecule has 0 unspecified atom stereocenters. The Balaban J connectivity index is 2.77. The summed E-state index contributed by atoms with van der Waals surface area (Å²) in [6.07, 6.45) is 5.19. The molecule has 19 heavy (non-hydrogen) atoms. The first-order valence-electron chi connectivity index (χ1n) is 5.75. The van der Waals surface area contributed by atoms with E-state index < -0.39 is 6.04 Å². The highest BCUT2D eigenvalue weighted by molar-refractivity contribution is 6.30. The third-order valence-corrected chi connectivity index (χ3v) is 2.68. The van der Waals surface area contributed by atoms with Gasteiger partial charge >= 0.3 is 0 Å². The molecular weight excluding hydrogens is 264 g/mol. The minimum Gasteiger partial charge on any atom is -0.349 e. The number of terminal acetylenes is 1. The molecule has 0 aromatic heterocycles. The van der Waals surface area contributed by atoms with Crippen molar-refractivity contribution in [3.05, 3.63) is 34.9 Å². The predicted molar refractivity (Wildman–Crippen MR) is 74.5 cm³/mol. The van der Waals surface area contributed by atoms with Gasteiger partial charge in [-0.3, -0.25) is 9.59 Å². The first-order chi connectivity index (χ1) is 9.02. The molecule has 0 radical (unpaired) electrons. The number of hydrogen-bond acceptors (Lipinski definition) is 2. The highest BCUT2D eigenvalue weighted by atomic mass is 35.5. The number of benzene rings is 1. The number of nitrogens with one attached hydrogen (secondary N) is 2. The van der Waals surface area contributed by atoms with Crippen LogP contribution in [0, 0.1) is 12.3 Å². The zero-order chi connectivity index (χ0) is 14.3. The maximum atomic E-state index is 11.7. The minimum absolute atomic E-state index is 0.128. The Kier molecular flexibility index (Phi) is 5.91. The third kappa shape index (κ3) is 5.45. The van der Waals surface area contributed by atoms with E-state index in [1.54, 1.807) is 24.3 Å². The second kappa shape index (κ2) is 7.45. The quantitative estimate of drug-likeness (QED) is 0.805. The van der Waals surface area contributed by atoms with Crippen molar-refractivity contribution in [1.82, 2.24) is 10.6 Å². The van der Waals surface area contributed by atoms with Gasteiger partial charge in [-0.15, -0.1) is 6.42 Å². The standard InChI is InChI=1S/C14H15ClN2O2/c1-3-8-16-14(19)9-13(17-10(2)18)11-4-6-12(15)7-5-11/h1,4-7,13H,8-9H2,2H3,(H,16,19)(H,17,18)/t13-/m1/s1. The lowest BCUT2D eigenvalue weighted by molar-refractivity contribution is -0.122. The highest BCUT2D eigenvalue weighted by Gasteiger charge is 2.16. The van der Waals surface area contributed by atoms with Gasteiger partial charge < -0.3 is 10.6 Å². The van der Waals surface area contributed by atoms with E-state index in [1.165, 1.54) is 6.92 Å². The van der Waals surface area contributed by atoms with E-state index in [4.69, 9.17) is 18.0 Å². The monoisotopic (exact) mass is 278 g/mol. The van der Waals surface area contributed by atoms with Crippen LogP contribution in [0.1, 0.15) is 24.9 Å². The number of carbonyl (C=O) groups excluding carboxylic acids is 2. The number of rotatable bonds is 5. The Labute approximate surface area is 117 Å². The van der Waals surface area contributed by atoms with Crippen LogP contribution in [-0.4, -0.2) is 18.4 Å². The molecule has 0 spiro atoms. The molecule has 1 atom stereocenters.